The van der Waals surface area contributed by atoms with E-state index in [0.29, 0.717) is 0 Å². The monoisotopic (exact) mass is 385 g/mol. The summed E-state index contributed by atoms with van der Waals surface area (Å²) in [5.41, 5.74) is 6.77. The van der Waals surface area contributed by atoms with Gasteiger partial charge in [-0.1, -0.05) is 6.07 Å². The molecule has 4 aromatic heterocycles. The van der Waals surface area contributed by atoms with Crippen LogP contribution in [0.15, 0.2) is 65.9 Å². The van der Waals surface area contributed by atoms with E-state index in [2.05, 4.69) is 48.8 Å². The van der Waals surface area contributed by atoms with E-state index >= 15 is 0 Å². The van der Waals surface area contributed by atoms with E-state index in [1.807, 2.05) is 30.7 Å². The lowest BCUT2D eigenvalue weighted by Gasteiger charge is -2.28. The van der Waals surface area contributed by atoms with Crippen molar-refractivity contribution in [2.45, 2.75) is 19.5 Å². The Hall–Kier alpha value is -2.96. The molecular weight excluding hydrogens is 366 g/mol. The predicted octanol–water partition coefficient (Wildman–Crippen LogP) is 4.22. The zero-order valence-corrected chi connectivity index (χ0v) is 16.1. The molecule has 0 spiro atoms. The van der Waals surface area contributed by atoms with Gasteiger partial charge in [0.05, 0.1) is 11.4 Å². The Morgan fingerprint density at radius 3 is 2.79 bits per heavy atom. The van der Waals surface area contributed by atoms with Gasteiger partial charge in [-0.05, 0) is 35.2 Å². The molecule has 0 aromatic carbocycles. The summed E-state index contributed by atoms with van der Waals surface area (Å²) in [6.45, 7) is 2.75. The Morgan fingerprint density at radius 1 is 1.00 bits per heavy atom. The highest BCUT2D eigenvalue weighted by Crippen LogP contribution is 2.23. The van der Waals surface area contributed by atoms with Gasteiger partial charge in [0.15, 0.2) is 5.82 Å². The van der Waals surface area contributed by atoms with Crippen LogP contribution in [0, 0.1) is 0 Å². The first kappa shape index (κ1) is 17.2. The van der Waals surface area contributed by atoms with Gasteiger partial charge in [0.1, 0.15) is 0 Å². The van der Waals surface area contributed by atoms with Crippen LogP contribution in [0.5, 0.6) is 0 Å². The topological polar surface area (TPSA) is 54.8 Å². The van der Waals surface area contributed by atoms with Crippen LogP contribution in [0.4, 0.5) is 0 Å². The molecule has 1 aliphatic rings. The molecule has 5 nitrogen and oxygen atoms in total. The number of pyridine rings is 2. The fraction of sp³-hybridized carbons (Fsp3) is 0.182. The molecule has 0 amide bonds. The third kappa shape index (κ3) is 3.56. The molecule has 5 heterocycles. The summed E-state index contributed by atoms with van der Waals surface area (Å²) in [6, 6.07) is 10.3. The van der Waals surface area contributed by atoms with Crippen molar-refractivity contribution in [1.82, 2.24) is 24.8 Å². The third-order valence-corrected chi connectivity index (χ3v) is 5.66. The lowest BCUT2D eigenvalue weighted by molar-refractivity contribution is 0.242. The molecule has 0 saturated carbocycles. The molecule has 0 fully saturated rings. The highest BCUT2D eigenvalue weighted by molar-refractivity contribution is 7.08. The van der Waals surface area contributed by atoms with Crippen LogP contribution < -0.4 is 0 Å². The van der Waals surface area contributed by atoms with Crippen LogP contribution in [0.1, 0.15) is 16.8 Å². The first-order valence-corrected chi connectivity index (χ1v) is 10.2. The number of hydrogen-bond donors (Lipinski definition) is 0. The van der Waals surface area contributed by atoms with Gasteiger partial charge in [-0.25, -0.2) is 9.97 Å². The van der Waals surface area contributed by atoms with E-state index in [4.69, 9.17) is 4.98 Å². The summed E-state index contributed by atoms with van der Waals surface area (Å²) in [4.78, 5) is 20.5. The van der Waals surface area contributed by atoms with Crippen LogP contribution >= 0.6 is 11.3 Å². The van der Waals surface area contributed by atoms with E-state index < -0.39 is 0 Å². The number of thiophene rings is 1. The Morgan fingerprint density at radius 2 is 2.00 bits per heavy atom. The molecule has 0 radical (unpaired) electrons. The second kappa shape index (κ2) is 7.58. The molecular formula is C22H19N5S. The molecule has 0 N–H and O–H groups in total. The zero-order chi connectivity index (χ0) is 18.8. The van der Waals surface area contributed by atoms with Crippen molar-refractivity contribution in [2.75, 3.05) is 6.54 Å². The minimum Gasteiger partial charge on any atom is -0.294 e. The summed E-state index contributed by atoms with van der Waals surface area (Å²) in [5.74, 6) is 0.758. The van der Waals surface area contributed by atoms with Crippen LogP contribution in [0.25, 0.3) is 22.6 Å². The molecule has 138 valence electrons. The van der Waals surface area contributed by atoms with Gasteiger partial charge in [0.25, 0.3) is 0 Å². The van der Waals surface area contributed by atoms with Gasteiger partial charge in [0, 0.05) is 72.9 Å². The molecule has 4 aromatic rings. The van der Waals surface area contributed by atoms with Crippen LogP contribution in [-0.4, -0.2) is 31.4 Å². The zero-order valence-electron chi connectivity index (χ0n) is 15.3. The summed E-state index contributed by atoms with van der Waals surface area (Å²) in [6.07, 6.45) is 8.47. The van der Waals surface area contributed by atoms with E-state index in [0.717, 1.165) is 48.8 Å². The van der Waals surface area contributed by atoms with Gasteiger partial charge in [0.2, 0.25) is 0 Å². The van der Waals surface area contributed by atoms with Crippen LogP contribution in [-0.2, 0) is 19.5 Å². The van der Waals surface area contributed by atoms with Gasteiger partial charge < -0.3 is 0 Å². The Kier molecular flexibility index (Phi) is 4.64. The molecule has 28 heavy (non-hydrogen) atoms. The number of hydrogen-bond acceptors (Lipinski definition) is 6. The quantitative estimate of drug-likeness (QED) is 0.526. The predicted molar refractivity (Wildman–Crippen MR) is 111 cm³/mol. The molecule has 0 atom stereocenters. The van der Waals surface area contributed by atoms with Crippen LogP contribution in [0.2, 0.25) is 0 Å². The minimum absolute atomic E-state index is 0.758. The molecule has 0 aliphatic carbocycles. The van der Waals surface area contributed by atoms with E-state index in [1.165, 1.54) is 16.7 Å². The maximum atomic E-state index is 4.78. The minimum atomic E-state index is 0.758. The number of aromatic nitrogens is 4. The number of fused-ring (bicyclic) bond motifs is 1. The van der Waals surface area contributed by atoms with Gasteiger partial charge in [-0.15, -0.1) is 0 Å². The van der Waals surface area contributed by atoms with E-state index in [9.17, 15) is 0 Å². The van der Waals surface area contributed by atoms with Crippen molar-refractivity contribution in [3.05, 3.63) is 82.7 Å². The van der Waals surface area contributed by atoms with Crippen molar-refractivity contribution in [2.24, 2.45) is 0 Å². The number of nitrogens with zero attached hydrogens (tertiary/aromatic N) is 5. The number of rotatable bonds is 4. The maximum absolute atomic E-state index is 4.78. The first-order valence-electron chi connectivity index (χ1n) is 9.30. The standard InChI is InChI=1S/C22H19N5S/c1-2-17(11-23-7-1)22-25-12-19-14-27(8-5-21(19)26-22)13-16-3-4-20(24-10-16)18-6-9-28-15-18/h1-4,6-7,9-12,15H,5,8,13-14H2. The van der Waals surface area contributed by atoms with Gasteiger partial charge in [-0.2, -0.15) is 11.3 Å². The molecule has 0 saturated heterocycles. The third-order valence-electron chi connectivity index (χ3n) is 4.98. The lowest BCUT2D eigenvalue weighted by Crippen LogP contribution is -2.31. The second-order valence-corrected chi connectivity index (χ2v) is 7.71. The highest BCUT2D eigenvalue weighted by Gasteiger charge is 2.19. The second-order valence-electron chi connectivity index (χ2n) is 6.93. The van der Waals surface area contributed by atoms with E-state index in [1.54, 1.807) is 17.5 Å². The highest BCUT2D eigenvalue weighted by atomic mass is 32.1. The Balaban J connectivity index is 1.28. The maximum Gasteiger partial charge on any atom is 0.160 e. The summed E-state index contributed by atoms with van der Waals surface area (Å²) < 4.78 is 0. The van der Waals surface area contributed by atoms with Crippen molar-refractivity contribution >= 4 is 11.3 Å². The van der Waals surface area contributed by atoms with Gasteiger partial charge in [-0.3, -0.25) is 14.9 Å². The fourth-order valence-corrected chi connectivity index (χ4v) is 4.15. The largest absolute Gasteiger partial charge is 0.294 e. The normalized spacial score (nSPS) is 14.0. The van der Waals surface area contributed by atoms with Crippen LogP contribution in [0.3, 0.4) is 0 Å². The first-order chi connectivity index (χ1) is 13.8. The van der Waals surface area contributed by atoms with Gasteiger partial charge >= 0.3 is 0 Å². The lowest BCUT2D eigenvalue weighted by atomic mass is 10.1. The molecule has 6 heteroatoms. The fourth-order valence-electron chi connectivity index (χ4n) is 3.50. The SMILES string of the molecule is c1cncc(-c2ncc3c(n2)CCN(Cc2ccc(-c4ccsc4)nc2)C3)c1. The average Bonchev–Trinajstić information content (AvgIpc) is 3.29. The molecule has 0 bridgehead atoms. The van der Waals surface area contributed by atoms with Crippen molar-refractivity contribution in [3.63, 3.8) is 0 Å². The summed E-state index contributed by atoms with van der Waals surface area (Å²) in [7, 11) is 0. The van der Waals surface area contributed by atoms with Crippen molar-refractivity contribution < 1.29 is 0 Å². The Bertz CT molecular complexity index is 1060. The molecule has 5 rings (SSSR count). The molecule has 1 aliphatic heterocycles. The summed E-state index contributed by atoms with van der Waals surface area (Å²) >= 11 is 1.70. The smallest absolute Gasteiger partial charge is 0.160 e. The summed E-state index contributed by atoms with van der Waals surface area (Å²) in [5, 5.41) is 4.21. The average molecular weight is 385 g/mol. The Labute approximate surface area is 167 Å². The molecule has 0 unspecified atom stereocenters. The van der Waals surface area contributed by atoms with Crippen molar-refractivity contribution in [1.29, 1.82) is 0 Å². The van der Waals surface area contributed by atoms with E-state index in [-0.39, 0.29) is 0 Å². The van der Waals surface area contributed by atoms with Crippen molar-refractivity contribution in [3.8, 4) is 22.6 Å².